The van der Waals surface area contributed by atoms with E-state index in [2.05, 4.69) is 4.99 Å². The van der Waals surface area contributed by atoms with E-state index in [-0.39, 0.29) is 17.0 Å². The average molecular weight is 596 g/mol. The fourth-order valence-corrected chi connectivity index (χ4v) is 5.29. The van der Waals surface area contributed by atoms with Gasteiger partial charge in [-0.05, 0) is 77.8 Å². The van der Waals surface area contributed by atoms with Crippen LogP contribution in [0.2, 0.25) is 0 Å². The molecule has 1 atom stereocenters. The number of carbonyl (C=O) groups excluding carboxylic acids is 1. The van der Waals surface area contributed by atoms with E-state index in [0.717, 1.165) is 12.0 Å². The lowest BCUT2D eigenvalue weighted by Crippen LogP contribution is -2.25. The van der Waals surface area contributed by atoms with Crippen LogP contribution in [0.4, 0.5) is 10.1 Å². The Balaban J connectivity index is 0.000000307. The van der Waals surface area contributed by atoms with Gasteiger partial charge in [-0.15, -0.1) is 0 Å². The second kappa shape index (κ2) is 14.2. The first kappa shape index (κ1) is 34.1. The van der Waals surface area contributed by atoms with Gasteiger partial charge >= 0.3 is 13.8 Å². The molecule has 0 saturated carbocycles. The Morgan fingerprint density at radius 3 is 2.10 bits per heavy atom. The largest absolute Gasteiger partial charge is 0.497 e. The highest BCUT2D eigenvalue weighted by molar-refractivity contribution is 7.48. The maximum atomic E-state index is 14.3. The molecular formula is C29H39FNO9P. The van der Waals surface area contributed by atoms with Crippen molar-refractivity contribution in [1.29, 1.82) is 0 Å². The minimum atomic E-state index is -3.90. The molecule has 1 aliphatic rings. The highest BCUT2D eigenvalue weighted by Gasteiger charge is 2.37. The lowest BCUT2D eigenvalue weighted by Gasteiger charge is -2.30. The van der Waals surface area contributed by atoms with E-state index >= 15 is 0 Å². The molecule has 1 N–H and O–H groups in total. The summed E-state index contributed by atoms with van der Waals surface area (Å²) in [7, 11) is -2.32. The zero-order chi connectivity index (χ0) is 31.0. The molecule has 3 rings (SSSR count). The second-order valence-electron chi connectivity index (χ2n) is 11.0. The molecule has 0 aromatic heterocycles. The van der Waals surface area contributed by atoms with Gasteiger partial charge in [0.05, 0.1) is 36.4 Å². The number of halogens is 1. The molecule has 0 amide bonds. The third kappa shape index (κ3) is 10.7. The second-order valence-corrected chi connectivity index (χ2v) is 12.6. The summed E-state index contributed by atoms with van der Waals surface area (Å²) in [5, 5.41) is 8.52. The minimum absolute atomic E-state index is 0.00748. The Labute approximate surface area is 240 Å². The molecule has 10 nitrogen and oxygen atoms in total. The number of rotatable bonds is 10. The minimum Gasteiger partial charge on any atom is -0.497 e. The van der Waals surface area contributed by atoms with Crippen LogP contribution in [0.3, 0.4) is 0 Å². The smallest absolute Gasteiger partial charge is 0.476 e. The summed E-state index contributed by atoms with van der Waals surface area (Å²) < 4.78 is 52.3. The Hall–Kier alpha value is -3.11. The van der Waals surface area contributed by atoms with Crippen molar-refractivity contribution in [1.82, 2.24) is 0 Å². The van der Waals surface area contributed by atoms with Crippen LogP contribution in [-0.4, -0.2) is 54.6 Å². The first-order valence-electron chi connectivity index (χ1n) is 13.0. The van der Waals surface area contributed by atoms with Crippen LogP contribution in [0.1, 0.15) is 76.7 Å². The summed E-state index contributed by atoms with van der Waals surface area (Å²) in [6.07, 6.45) is 2.36. The normalized spacial score (nSPS) is 15.0. The molecule has 0 spiro atoms. The summed E-state index contributed by atoms with van der Waals surface area (Å²) in [4.78, 5) is 27.5. The van der Waals surface area contributed by atoms with E-state index in [1.165, 1.54) is 12.1 Å². The third-order valence-electron chi connectivity index (χ3n) is 5.03. The molecule has 226 valence electrons. The van der Waals surface area contributed by atoms with Gasteiger partial charge in [0, 0.05) is 6.21 Å². The Morgan fingerprint density at radius 1 is 1.02 bits per heavy atom. The van der Waals surface area contributed by atoms with Crippen molar-refractivity contribution in [3.05, 3.63) is 53.3 Å². The number of ketones is 1. The molecular weight excluding hydrogens is 556 g/mol. The molecule has 41 heavy (non-hydrogen) atoms. The highest BCUT2D eigenvalue weighted by atomic mass is 31.2. The number of fused-ring (bicyclic) bond motifs is 1. The van der Waals surface area contributed by atoms with E-state index in [1.54, 1.807) is 79.1 Å². The number of carbonyl (C=O) groups is 2. The van der Waals surface area contributed by atoms with Crippen LogP contribution in [0.5, 0.6) is 11.5 Å². The topological polar surface area (TPSA) is 130 Å². The lowest BCUT2D eigenvalue weighted by atomic mass is 9.88. The number of hydrogen-bond donors (Lipinski definition) is 1. The van der Waals surface area contributed by atoms with Crippen LogP contribution in [0.15, 0.2) is 41.4 Å². The van der Waals surface area contributed by atoms with E-state index in [0.29, 0.717) is 18.1 Å². The zero-order valence-corrected chi connectivity index (χ0v) is 25.6. The van der Waals surface area contributed by atoms with Crippen molar-refractivity contribution in [2.45, 2.75) is 72.0 Å². The number of methoxy groups -OCH3 is 1. The van der Waals surface area contributed by atoms with E-state index in [9.17, 15) is 18.5 Å². The summed E-state index contributed by atoms with van der Waals surface area (Å²) >= 11 is 0. The Morgan fingerprint density at radius 2 is 1.61 bits per heavy atom. The first-order valence-corrected chi connectivity index (χ1v) is 14.5. The molecule has 2 aromatic carbocycles. The fraction of sp³-hybridized carbons (Fsp3) is 0.483. The number of hydrogen-bond acceptors (Lipinski definition) is 9. The third-order valence-corrected chi connectivity index (χ3v) is 7.01. The van der Waals surface area contributed by atoms with Gasteiger partial charge in [-0.25, -0.2) is 13.8 Å². The van der Waals surface area contributed by atoms with Crippen LogP contribution in [0.25, 0.3) is 0 Å². The van der Waals surface area contributed by atoms with E-state index in [1.807, 2.05) is 6.92 Å². The average Bonchev–Trinajstić information content (AvgIpc) is 2.85. The number of benzene rings is 2. The predicted octanol–water partition coefficient (Wildman–Crippen LogP) is 7.13. The molecule has 1 unspecified atom stereocenters. The van der Waals surface area contributed by atoms with E-state index < -0.39 is 43.3 Å². The number of Topliss-reactive ketones (excluding diaryl/α,β-unsaturated/α-hetero) is 1. The number of phosphoric ester groups is 1. The molecule has 2 aromatic rings. The SMILES string of the molecule is CC(C)(C)OP(=O)(OCC(=O)O)OC(C)(C)C.CCCOc1ccc(F)c2c1N=CC(c1ccc(OC)cc1)C2=O. The fourth-order valence-electron chi connectivity index (χ4n) is 3.54. The maximum Gasteiger partial charge on any atom is 0.476 e. The van der Waals surface area contributed by atoms with Crippen LogP contribution in [0, 0.1) is 5.82 Å². The van der Waals surface area contributed by atoms with Gasteiger partial charge in [-0.1, -0.05) is 19.1 Å². The van der Waals surface area contributed by atoms with E-state index in [4.69, 9.17) is 28.2 Å². The van der Waals surface area contributed by atoms with Gasteiger partial charge in [0.15, 0.2) is 12.4 Å². The molecule has 1 heterocycles. The maximum absolute atomic E-state index is 14.3. The summed E-state index contributed by atoms with van der Waals surface area (Å²) in [6, 6.07) is 9.88. The van der Waals surface area contributed by atoms with Gasteiger partial charge in [-0.2, -0.15) is 0 Å². The standard InChI is InChI=1S/C19H18FNO3.C10H21O6P/c1-3-10-24-16-9-8-15(20)17-18(16)21-11-14(19(17)22)12-4-6-13(23-2)7-5-12;1-9(2,3)15-17(13,14-7-8(11)12)16-10(4,5)6/h4-9,11,14H,3,10H2,1-2H3;7H2,1-6H3,(H,11,12). The molecule has 12 heteroatoms. The number of aliphatic carboxylic acids is 1. The number of ether oxygens (including phenoxy) is 2. The van der Waals surface area contributed by atoms with Gasteiger partial charge in [0.25, 0.3) is 0 Å². The predicted molar refractivity (Wildman–Crippen MR) is 153 cm³/mol. The summed E-state index contributed by atoms with van der Waals surface area (Å²) in [6.45, 7) is 11.8. The number of carboxylic acid groups (broad SMARTS) is 1. The van der Waals surface area contributed by atoms with Gasteiger partial charge in [-0.3, -0.25) is 23.4 Å². The lowest BCUT2D eigenvalue weighted by molar-refractivity contribution is -0.140. The summed E-state index contributed by atoms with van der Waals surface area (Å²) in [5.41, 5.74) is -0.516. The Bertz CT molecular complexity index is 1260. The Kier molecular flexibility index (Phi) is 11.8. The van der Waals surface area contributed by atoms with Crippen molar-refractivity contribution in [2.75, 3.05) is 20.3 Å². The molecule has 0 aliphatic carbocycles. The molecule has 0 bridgehead atoms. The van der Waals surface area contributed by atoms with Crippen molar-refractivity contribution in [3.8, 4) is 11.5 Å². The number of aliphatic imine (C=N–C) groups is 1. The molecule has 1 aliphatic heterocycles. The quantitative estimate of drug-likeness (QED) is 0.285. The van der Waals surface area contributed by atoms with Crippen molar-refractivity contribution in [2.24, 2.45) is 4.99 Å². The van der Waals surface area contributed by atoms with Gasteiger partial charge < -0.3 is 14.6 Å². The van der Waals surface area contributed by atoms with Crippen molar-refractivity contribution in [3.63, 3.8) is 0 Å². The molecule has 0 fully saturated rings. The van der Waals surface area contributed by atoms with Crippen LogP contribution < -0.4 is 9.47 Å². The van der Waals surface area contributed by atoms with Crippen LogP contribution in [-0.2, 0) is 22.9 Å². The number of nitrogens with zero attached hydrogens (tertiary/aromatic N) is 1. The van der Waals surface area contributed by atoms with Crippen LogP contribution >= 0.6 is 7.82 Å². The monoisotopic (exact) mass is 595 g/mol. The first-order chi connectivity index (χ1) is 19.0. The zero-order valence-electron chi connectivity index (χ0n) is 24.7. The highest BCUT2D eigenvalue weighted by Crippen LogP contribution is 2.55. The van der Waals surface area contributed by atoms with Crippen molar-refractivity contribution < 1.29 is 46.7 Å². The number of carboxylic acids is 1. The van der Waals surface area contributed by atoms with Crippen molar-refractivity contribution >= 4 is 31.5 Å². The van der Waals surface area contributed by atoms with Gasteiger partial charge in [0.2, 0.25) is 0 Å². The summed E-state index contributed by atoms with van der Waals surface area (Å²) in [5.74, 6) is -1.61. The number of phosphoric acid groups is 1. The molecule has 0 radical (unpaired) electrons. The van der Waals surface area contributed by atoms with Gasteiger partial charge in [0.1, 0.15) is 23.0 Å². The molecule has 0 saturated heterocycles.